The molecule has 0 saturated heterocycles. The maximum absolute atomic E-state index is 12.0. The maximum Gasteiger partial charge on any atom is 0.303 e. The van der Waals surface area contributed by atoms with Crippen molar-refractivity contribution in [2.45, 2.75) is 39.7 Å². The Kier molecular flexibility index (Phi) is 6.06. The summed E-state index contributed by atoms with van der Waals surface area (Å²) in [5.41, 5.74) is 2.30. The molecule has 4 heteroatoms. The van der Waals surface area contributed by atoms with Crippen LogP contribution in [-0.2, 0) is 16.1 Å². The van der Waals surface area contributed by atoms with Crippen LogP contribution in [-0.4, -0.2) is 28.4 Å². The highest BCUT2D eigenvalue weighted by molar-refractivity contribution is 5.77. The zero-order valence-corrected chi connectivity index (χ0v) is 11.6. The molecule has 1 aromatic rings. The fourth-order valence-corrected chi connectivity index (χ4v) is 1.92. The SMILES string of the molecule is CCN(Cc1ccccc1C)C(=O)CCCC(=O)O. The number of benzene rings is 1. The number of hydrogen-bond donors (Lipinski definition) is 1. The van der Waals surface area contributed by atoms with E-state index in [9.17, 15) is 9.59 Å². The highest BCUT2D eigenvalue weighted by atomic mass is 16.4. The predicted molar refractivity (Wildman–Crippen MR) is 73.8 cm³/mol. The average molecular weight is 263 g/mol. The number of carbonyl (C=O) groups is 2. The van der Waals surface area contributed by atoms with Crippen LogP contribution in [0.4, 0.5) is 0 Å². The molecule has 1 rings (SSSR count). The Labute approximate surface area is 114 Å². The van der Waals surface area contributed by atoms with Crippen molar-refractivity contribution in [1.29, 1.82) is 0 Å². The van der Waals surface area contributed by atoms with E-state index < -0.39 is 5.97 Å². The molecule has 0 atom stereocenters. The van der Waals surface area contributed by atoms with E-state index in [2.05, 4.69) is 0 Å². The van der Waals surface area contributed by atoms with E-state index in [0.29, 0.717) is 25.9 Å². The molecule has 1 N–H and O–H groups in total. The molecule has 1 amide bonds. The highest BCUT2D eigenvalue weighted by Crippen LogP contribution is 2.12. The minimum absolute atomic E-state index is 0.0204. The first-order valence-electron chi connectivity index (χ1n) is 6.58. The number of aryl methyl sites for hydroxylation is 1. The quantitative estimate of drug-likeness (QED) is 0.822. The van der Waals surface area contributed by atoms with E-state index in [1.165, 1.54) is 5.56 Å². The van der Waals surface area contributed by atoms with Gasteiger partial charge in [-0.1, -0.05) is 24.3 Å². The van der Waals surface area contributed by atoms with E-state index >= 15 is 0 Å². The lowest BCUT2D eigenvalue weighted by molar-refractivity contribution is -0.137. The third-order valence-electron chi connectivity index (χ3n) is 3.14. The Morgan fingerprint density at radius 3 is 2.47 bits per heavy atom. The molecule has 104 valence electrons. The second-order valence-corrected chi connectivity index (χ2v) is 4.58. The van der Waals surface area contributed by atoms with Crippen LogP contribution in [0.25, 0.3) is 0 Å². The number of rotatable bonds is 7. The first-order valence-corrected chi connectivity index (χ1v) is 6.58. The number of amides is 1. The van der Waals surface area contributed by atoms with Crippen molar-refractivity contribution in [1.82, 2.24) is 4.90 Å². The van der Waals surface area contributed by atoms with Gasteiger partial charge in [-0.2, -0.15) is 0 Å². The largest absolute Gasteiger partial charge is 0.481 e. The molecule has 0 spiro atoms. The Morgan fingerprint density at radius 1 is 1.21 bits per heavy atom. The molecule has 4 nitrogen and oxygen atoms in total. The molecular formula is C15H21NO3. The van der Waals surface area contributed by atoms with Crippen LogP contribution in [0.3, 0.4) is 0 Å². The number of hydrogen-bond acceptors (Lipinski definition) is 2. The van der Waals surface area contributed by atoms with Gasteiger partial charge in [0.2, 0.25) is 5.91 Å². The number of carboxylic acid groups (broad SMARTS) is 1. The van der Waals surface area contributed by atoms with E-state index in [4.69, 9.17) is 5.11 Å². The summed E-state index contributed by atoms with van der Waals surface area (Å²) in [4.78, 5) is 24.2. The van der Waals surface area contributed by atoms with Crippen LogP contribution in [0.2, 0.25) is 0 Å². The first kappa shape index (κ1) is 15.2. The van der Waals surface area contributed by atoms with Gasteiger partial charge in [0.15, 0.2) is 0 Å². The molecule has 0 unspecified atom stereocenters. The Morgan fingerprint density at radius 2 is 1.89 bits per heavy atom. The van der Waals surface area contributed by atoms with Gasteiger partial charge in [0.25, 0.3) is 0 Å². The van der Waals surface area contributed by atoms with Crippen molar-refractivity contribution in [3.05, 3.63) is 35.4 Å². The van der Waals surface area contributed by atoms with Crippen molar-refractivity contribution >= 4 is 11.9 Å². The van der Waals surface area contributed by atoms with Crippen molar-refractivity contribution in [3.8, 4) is 0 Å². The molecule has 1 aromatic carbocycles. The first-order chi connectivity index (χ1) is 9.04. The zero-order chi connectivity index (χ0) is 14.3. The van der Waals surface area contributed by atoms with E-state index in [1.54, 1.807) is 4.90 Å². The Balaban J connectivity index is 2.55. The zero-order valence-electron chi connectivity index (χ0n) is 11.6. The van der Waals surface area contributed by atoms with E-state index in [-0.39, 0.29) is 12.3 Å². The number of carbonyl (C=O) groups excluding carboxylic acids is 1. The number of aliphatic carboxylic acids is 1. The van der Waals surface area contributed by atoms with Crippen LogP contribution in [0.15, 0.2) is 24.3 Å². The number of nitrogens with zero attached hydrogens (tertiary/aromatic N) is 1. The topological polar surface area (TPSA) is 57.6 Å². The standard InChI is InChI=1S/C15H21NO3/c1-3-16(14(17)9-6-10-15(18)19)11-13-8-5-4-7-12(13)2/h4-5,7-8H,3,6,9-11H2,1-2H3,(H,18,19). The van der Waals surface area contributed by atoms with Gasteiger partial charge >= 0.3 is 5.97 Å². The molecular weight excluding hydrogens is 242 g/mol. The normalized spacial score (nSPS) is 10.2. The van der Waals surface area contributed by atoms with Crippen molar-refractivity contribution in [3.63, 3.8) is 0 Å². The summed E-state index contributed by atoms with van der Waals surface area (Å²) in [5.74, 6) is -0.832. The van der Waals surface area contributed by atoms with Crippen LogP contribution in [0.5, 0.6) is 0 Å². The van der Waals surface area contributed by atoms with Gasteiger partial charge in [-0.15, -0.1) is 0 Å². The molecule has 0 aromatic heterocycles. The fraction of sp³-hybridized carbons (Fsp3) is 0.467. The lowest BCUT2D eigenvalue weighted by Crippen LogP contribution is -2.30. The summed E-state index contributed by atoms with van der Waals surface area (Å²) in [7, 11) is 0. The Bertz CT molecular complexity index is 443. The van der Waals surface area contributed by atoms with E-state index in [0.717, 1.165) is 5.56 Å². The summed E-state index contributed by atoms with van der Waals surface area (Å²) in [5, 5.41) is 8.57. The third-order valence-corrected chi connectivity index (χ3v) is 3.14. The van der Waals surface area contributed by atoms with Gasteiger partial charge < -0.3 is 10.0 Å². The van der Waals surface area contributed by atoms with E-state index in [1.807, 2.05) is 38.1 Å². The molecule has 0 saturated carbocycles. The molecule has 0 radical (unpaired) electrons. The van der Waals surface area contributed by atoms with Gasteiger partial charge in [-0.05, 0) is 31.4 Å². The molecule has 0 aliphatic rings. The van der Waals surface area contributed by atoms with Crippen LogP contribution in [0.1, 0.15) is 37.3 Å². The minimum atomic E-state index is -0.852. The lowest BCUT2D eigenvalue weighted by Gasteiger charge is -2.22. The molecule has 0 heterocycles. The maximum atomic E-state index is 12.0. The smallest absolute Gasteiger partial charge is 0.303 e. The molecule has 0 aliphatic heterocycles. The van der Waals surface area contributed by atoms with Gasteiger partial charge in [0.1, 0.15) is 0 Å². The molecule has 19 heavy (non-hydrogen) atoms. The monoisotopic (exact) mass is 263 g/mol. The second-order valence-electron chi connectivity index (χ2n) is 4.58. The van der Waals surface area contributed by atoms with Gasteiger partial charge in [-0.3, -0.25) is 9.59 Å². The highest BCUT2D eigenvalue weighted by Gasteiger charge is 2.13. The van der Waals surface area contributed by atoms with Crippen molar-refractivity contribution < 1.29 is 14.7 Å². The van der Waals surface area contributed by atoms with Crippen molar-refractivity contribution in [2.24, 2.45) is 0 Å². The van der Waals surface area contributed by atoms with Crippen LogP contribution < -0.4 is 0 Å². The predicted octanol–water partition coefficient (Wildman–Crippen LogP) is 2.60. The summed E-state index contributed by atoms with van der Waals surface area (Å²) < 4.78 is 0. The lowest BCUT2D eigenvalue weighted by atomic mass is 10.1. The van der Waals surface area contributed by atoms with Gasteiger partial charge in [0.05, 0.1) is 0 Å². The summed E-state index contributed by atoms with van der Waals surface area (Å²) in [6.45, 7) is 5.20. The number of carboxylic acids is 1. The minimum Gasteiger partial charge on any atom is -0.481 e. The Hall–Kier alpha value is -1.84. The molecule has 0 fully saturated rings. The van der Waals surface area contributed by atoms with Gasteiger partial charge in [-0.25, -0.2) is 0 Å². The summed E-state index contributed by atoms with van der Waals surface area (Å²) >= 11 is 0. The van der Waals surface area contributed by atoms with Gasteiger partial charge in [0, 0.05) is 25.9 Å². The van der Waals surface area contributed by atoms with Crippen LogP contribution >= 0.6 is 0 Å². The van der Waals surface area contributed by atoms with Crippen LogP contribution in [0, 0.1) is 6.92 Å². The van der Waals surface area contributed by atoms with Crippen molar-refractivity contribution in [2.75, 3.05) is 6.54 Å². The summed E-state index contributed by atoms with van der Waals surface area (Å²) in [6, 6.07) is 7.98. The summed E-state index contributed by atoms with van der Waals surface area (Å²) in [6.07, 6.45) is 0.748. The second kappa shape index (κ2) is 7.56. The average Bonchev–Trinajstić information content (AvgIpc) is 2.37. The fourth-order valence-electron chi connectivity index (χ4n) is 1.92. The molecule has 0 aliphatic carbocycles. The third kappa shape index (κ3) is 5.12. The molecule has 0 bridgehead atoms.